The third kappa shape index (κ3) is 4.17. The molecule has 1 N–H and O–H groups in total. The largest absolute Gasteiger partial charge is 0.497 e. The van der Waals surface area contributed by atoms with Crippen molar-refractivity contribution < 1.29 is 14.1 Å². The molecule has 0 radical (unpaired) electrons. The molecule has 1 aliphatic rings. The fraction of sp³-hybridized carbons (Fsp3) is 0.292. The maximum absolute atomic E-state index is 13.0. The Morgan fingerprint density at radius 3 is 2.65 bits per heavy atom. The van der Waals surface area contributed by atoms with Gasteiger partial charge in [0, 0.05) is 17.8 Å². The van der Waals surface area contributed by atoms with Gasteiger partial charge in [0.25, 0.3) is 5.89 Å². The summed E-state index contributed by atoms with van der Waals surface area (Å²) < 4.78 is 11.1. The van der Waals surface area contributed by atoms with Crippen LogP contribution in [0, 0.1) is 5.92 Å². The number of benzene rings is 2. The highest BCUT2D eigenvalue weighted by Gasteiger charge is 2.36. The fourth-order valence-corrected chi connectivity index (χ4v) is 3.75. The van der Waals surface area contributed by atoms with Crippen LogP contribution < -0.4 is 10.1 Å². The van der Waals surface area contributed by atoms with E-state index < -0.39 is 6.04 Å². The Hall–Kier alpha value is -3.61. The van der Waals surface area contributed by atoms with Crippen molar-refractivity contribution in [1.82, 2.24) is 20.4 Å². The second-order valence-electron chi connectivity index (χ2n) is 7.95. The van der Waals surface area contributed by atoms with E-state index in [9.17, 15) is 4.79 Å². The summed E-state index contributed by atoms with van der Waals surface area (Å²) in [5.74, 6) is 1.91. The quantitative estimate of drug-likeness (QED) is 0.616. The van der Waals surface area contributed by atoms with Gasteiger partial charge in [-0.2, -0.15) is 4.98 Å². The number of aromatic nitrogens is 2. The van der Waals surface area contributed by atoms with Gasteiger partial charge >= 0.3 is 6.03 Å². The van der Waals surface area contributed by atoms with E-state index in [1.165, 1.54) is 0 Å². The van der Waals surface area contributed by atoms with Crippen LogP contribution in [0.4, 0.5) is 4.79 Å². The second-order valence-corrected chi connectivity index (χ2v) is 7.95. The molecule has 0 aliphatic carbocycles. The molecule has 7 nitrogen and oxygen atoms in total. The molecule has 3 aromatic rings. The monoisotopic (exact) mass is 418 g/mol. The minimum atomic E-state index is -0.435. The predicted molar refractivity (Wildman–Crippen MR) is 118 cm³/mol. The number of nitrogens with zero attached hydrogens (tertiary/aromatic N) is 3. The first-order valence-electron chi connectivity index (χ1n) is 10.3. The van der Waals surface area contributed by atoms with E-state index in [4.69, 9.17) is 9.26 Å². The lowest BCUT2D eigenvalue weighted by atomic mass is 9.94. The molecule has 31 heavy (non-hydrogen) atoms. The maximum atomic E-state index is 13.0. The molecule has 2 amide bonds. The van der Waals surface area contributed by atoms with Gasteiger partial charge in [0.1, 0.15) is 5.75 Å². The summed E-state index contributed by atoms with van der Waals surface area (Å²) in [5, 5.41) is 7.30. The molecule has 1 atom stereocenters. The average Bonchev–Trinajstić information content (AvgIpc) is 3.26. The lowest BCUT2D eigenvalue weighted by molar-refractivity contribution is 0.199. The van der Waals surface area contributed by atoms with Crippen molar-refractivity contribution in [2.24, 2.45) is 5.92 Å². The first-order valence-corrected chi connectivity index (χ1v) is 10.3. The van der Waals surface area contributed by atoms with Crippen LogP contribution in [-0.4, -0.2) is 34.7 Å². The Labute approximate surface area is 181 Å². The summed E-state index contributed by atoms with van der Waals surface area (Å²) >= 11 is 0. The molecule has 0 saturated carbocycles. The number of carbonyl (C=O) groups is 1. The van der Waals surface area contributed by atoms with E-state index in [0.29, 0.717) is 29.9 Å². The summed E-state index contributed by atoms with van der Waals surface area (Å²) in [6.07, 6.45) is 0. The lowest BCUT2D eigenvalue weighted by Crippen LogP contribution is -2.47. The van der Waals surface area contributed by atoms with Gasteiger partial charge in [0.15, 0.2) is 0 Å². The number of allylic oxidation sites excluding steroid dienone is 1. The molecule has 0 bridgehead atoms. The highest BCUT2D eigenvalue weighted by Crippen LogP contribution is 2.38. The summed E-state index contributed by atoms with van der Waals surface area (Å²) in [5.41, 5.74) is 3.33. The Bertz CT molecular complexity index is 1100. The van der Waals surface area contributed by atoms with Gasteiger partial charge in [0.05, 0.1) is 18.7 Å². The molecule has 160 valence electrons. The normalized spacial score (nSPS) is 16.6. The molecular formula is C24H26N4O3. The maximum Gasteiger partial charge on any atom is 0.322 e. The van der Waals surface area contributed by atoms with Crippen molar-refractivity contribution in [1.29, 1.82) is 0 Å². The molecule has 0 fully saturated rings. The van der Waals surface area contributed by atoms with Crippen LogP contribution in [0.5, 0.6) is 5.75 Å². The van der Waals surface area contributed by atoms with Crippen molar-refractivity contribution in [2.45, 2.75) is 26.8 Å². The van der Waals surface area contributed by atoms with Crippen LogP contribution in [0.3, 0.4) is 0 Å². The SMILES string of the molecule is COc1cccc(C2NC(=O)N(CC(C)C)C(C)=C2c2nc(-c3ccccc3)no2)c1. The molecule has 0 saturated heterocycles. The average molecular weight is 418 g/mol. The summed E-state index contributed by atoms with van der Waals surface area (Å²) in [4.78, 5) is 19.4. The van der Waals surface area contributed by atoms with Crippen LogP contribution in [0.15, 0.2) is 64.8 Å². The Balaban J connectivity index is 1.82. The zero-order valence-corrected chi connectivity index (χ0v) is 18.1. The Morgan fingerprint density at radius 1 is 1.16 bits per heavy atom. The van der Waals surface area contributed by atoms with Crippen molar-refractivity contribution in [2.75, 3.05) is 13.7 Å². The van der Waals surface area contributed by atoms with Crippen LogP contribution in [0.25, 0.3) is 17.0 Å². The highest BCUT2D eigenvalue weighted by atomic mass is 16.5. The van der Waals surface area contributed by atoms with E-state index in [1.807, 2.05) is 61.5 Å². The molecule has 1 aliphatic heterocycles. The lowest BCUT2D eigenvalue weighted by Gasteiger charge is -2.36. The first kappa shape index (κ1) is 20.7. The third-order valence-corrected chi connectivity index (χ3v) is 5.26. The molecule has 2 heterocycles. The third-order valence-electron chi connectivity index (χ3n) is 5.26. The van der Waals surface area contributed by atoms with Crippen molar-refractivity contribution in [3.63, 3.8) is 0 Å². The van der Waals surface area contributed by atoms with Crippen LogP contribution >= 0.6 is 0 Å². The van der Waals surface area contributed by atoms with Gasteiger partial charge in [-0.15, -0.1) is 0 Å². The van der Waals surface area contributed by atoms with Crippen molar-refractivity contribution in [3.05, 3.63) is 71.7 Å². The Morgan fingerprint density at radius 2 is 1.94 bits per heavy atom. The second kappa shape index (κ2) is 8.63. The van der Waals surface area contributed by atoms with Crippen molar-refractivity contribution >= 4 is 11.6 Å². The topological polar surface area (TPSA) is 80.5 Å². The van der Waals surface area contributed by atoms with Gasteiger partial charge in [-0.25, -0.2) is 4.79 Å². The fourth-order valence-electron chi connectivity index (χ4n) is 3.75. The molecule has 2 aromatic carbocycles. The van der Waals surface area contributed by atoms with Crippen LogP contribution in [-0.2, 0) is 0 Å². The standard InChI is InChI=1S/C24H26N4O3/c1-15(2)14-28-16(3)20(23-26-22(27-31-23)17-9-6-5-7-10-17)21(25-24(28)29)18-11-8-12-19(13-18)30-4/h5-13,15,21H,14H2,1-4H3,(H,25,29). The van der Waals surface area contributed by atoms with E-state index in [1.54, 1.807) is 12.0 Å². The van der Waals surface area contributed by atoms with E-state index in [2.05, 4.69) is 29.3 Å². The molecule has 1 aromatic heterocycles. The first-order chi connectivity index (χ1) is 15.0. The number of hydrogen-bond acceptors (Lipinski definition) is 5. The summed E-state index contributed by atoms with van der Waals surface area (Å²) in [6, 6.07) is 16.7. The zero-order chi connectivity index (χ0) is 22.0. The van der Waals surface area contributed by atoms with Crippen LogP contribution in [0.1, 0.15) is 38.3 Å². The molecule has 4 rings (SSSR count). The highest BCUT2D eigenvalue weighted by molar-refractivity contribution is 5.87. The molecule has 1 unspecified atom stereocenters. The smallest absolute Gasteiger partial charge is 0.322 e. The number of amides is 2. The minimum absolute atomic E-state index is 0.148. The van der Waals surface area contributed by atoms with Gasteiger partial charge in [0.2, 0.25) is 5.82 Å². The van der Waals surface area contributed by atoms with Gasteiger partial charge < -0.3 is 14.6 Å². The number of ether oxygens (including phenoxy) is 1. The number of methoxy groups -OCH3 is 1. The number of hydrogen-bond donors (Lipinski definition) is 1. The summed E-state index contributed by atoms with van der Waals surface area (Å²) in [6.45, 7) is 6.67. The Kier molecular flexibility index (Phi) is 5.75. The molecule has 7 heteroatoms. The van der Waals surface area contributed by atoms with E-state index in [0.717, 1.165) is 22.4 Å². The van der Waals surface area contributed by atoms with E-state index in [-0.39, 0.29) is 6.03 Å². The van der Waals surface area contributed by atoms with Crippen molar-refractivity contribution in [3.8, 4) is 17.1 Å². The van der Waals surface area contributed by atoms with Gasteiger partial charge in [-0.3, -0.25) is 4.90 Å². The molecular weight excluding hydrogens is 392 g/mol. The number of nitrogens with one attached hydrogen (secondary N) is 1. The van der Waals surface area contributed by atoms with E-state index >= 15 is 0 Å². The molecule has 0 spiro atoms. The zero-order valence-electron chi connectivity index (χ0n) is 18.1. The number of rotatable bonds is 6. The number of carbonyl (C=O) groups excluding carboxylic acids is 1. The predicted octanol–water partition coefficient (Wildman–Crippen LogP) is 4.90. The summed E-state index contributed by atoms with van der Waals surface area (Å²) in [7, 11) is 1.62. The number of urea groups is 1. The van der Waals surface area contributed by atoms with Crippen LogP contribution in [0.2, 0.25) is 0 Å². The van der Waals surface area contributed by atoms with Gasteiger partial charge in [-0.1, -0.05) is 61.5 Å². The minimum Gasteiger partial charge on any atom is -0.497 e. The van der Waals surface area contributed by atoms with Gasteiger partial charge in [-0.05, 0) is 30.5 Å².